The molecule has 0 spiro atoms. The number of likely N-dealkylation sites (N-methyl/N-ethyl adjacent to an activating group) is 1. The fraction of sp³-hybridized carbons (Fsp3) is 0.158. The van der Waals surface area contributed by atoms with Crippen molar-refractivity contribution in [1.82, 2.24) is 4.90 Å². The third-order valence-corrected chi connectivity index (χ3v) is 4.40. The van der Waals surface area contributed by atoms with E-state index in [9.17, 15) is 4.79 Å². The molecule has 0 saturated carbocycles. The molecule has 0 radical (unpaired) electrons. The van der Waals surface area contributed by atoms with Crippen molar-refractivity contribution in [1.29, 1.82) is 0 Å². The summed E-state index contributed by atoms with van der Waals surface area (Å²) in [6.45, 7) is 0.416. The second kappa shape index (κ2) is 5.94. The van der Waals surface area contributed by atoms with Crippen LogP contribution >= 0.6 is 0 Å². The second-order valence-corrected chi connectivity index (χ2v) is 6.13. The van der Waals surface area contributed by atoms with Crippen LogP contribution in [0.5, 0.6) is 23.0 Å². The van der Waals surface area contributed by atoms with Gasteiger partial charge in [0.2, 0.25) is 19.5 Å². The van der Waals surface area contributed by atoms with E-state index >= 15 is 0 Å². The number of nitrogens with zero attached hydrogens (tertiary/aromatic N) is 2. The molecule has 8 heteroatoms. The first-order valence-corrected chi connectivity index (χ1v) is 8.32. The monoisotopic (exact) mass is 365 g/mol. The summed E-state index contributed by atoms with van der Waals surface area (Å²) >= 11 is 0. The molecular weight excluding hydrogens is 350 g/mol. The Morgan fingerprint density at radius 2 is 1.63 bits per heavy atom. The highest BCUT2D eigenvalue weighted by molar-refractivity contribution is 6.17. The van der Waals surface area contributed by atoms with Crippen molar-refractivity contribution in [2.24, 2.45) is 4.99 Å². The number of benzene rings is 2. The van der Waals surface area contributed by atoms with E-state index in [1.165, 1.54) is 4.90 Å². The largest absolute Gasteiger partial charge is 0.454 e. The fourth-order valence-corrected chi connectivity index (χ4v) is 2.97. The summed E-state index contributed by atoms with van der Waals surface area (Å²) in [5.74, 6) is 2.94. The number of amides is 1. The van der Waals surface area contributed by atoms with Crippen LogP contribution in [0.25, 0.3) is 6.08 Å². The normalized spacial score (nSPS) is 18.3. The van der Waals surface area contributed by atoms with Gasteiger partial charge in [0.15, 0.2) is 23.0 Å². The minimum atomic E-state index is -0.198. The zero-order valence-corrected chi connectivity index (χ0v) is 14.4. The predicted octanol–water partition coefficient (Wildman–Crippen LogP) is 2.42. The number of carbonyl (C=O) groups is 1. The summed E-state index contributed by atoms with van der Waals surface area (Å²) in [5.41, 5.74) is 1.89. The van der Waals surface area contributed by atoms with E-state index in [0.29, 0.717) is 34.7 Å². The molecule has 2 aromatic carbocycles. The van der Waals surface area contributed by atoms with Gasteiger partial charge < -0.3 is 24.3 Å². The maximum atomic E-state index is 12.5. The number of nitrogens with one attached hydrogen (secondary N) is 1. The fourth-order valence-electron chi connectivity index (χ4n) is 2.97. The molecule has 3 heterocycles. The van der Waals surface area contributed by atoms with Gasteiger partial charge in [-0.15, -0.1) is 0 Å². The summed E-state index contributed by atoms with van der Waals surface area (Å²) in [4.78, 5) is 18.4. The molecule has 5 rings (SSSR count). The molecule has 0 bridgehead atoms. The Labute approximate surface area is 154 Å². The van der Waals surface area contributed by atoms with Crippen LogP contribution in [0.2, 0.25) is 0 Å². The van der Waals surface area contributed by atoms with Gasteiger partial charge in [-0.05, 0) is 35.9 Å². The van der Waals surface area contributed by atoms with Gasteiger partial charge in [0.1, 0.15) is 5.70 Å². The molecule has 0 fully saturated rings. The number of rotatable bonds is 2. The van der Waals surface area contributed by atoms with Crippen LogP contribution < -0.4 is 24.3 Å². The van der Waals surface area contributed by atoms with Crippen LogP contribution in [0.15, 0.2) is 47.1 Å². The highest BCUT2D eigenvalue weighted by atomic mass is 16.7. The van der Waals surface area contributed by atoms with Crippen LogP contribution in [0.4, 0.5) is 5.69 Å². The molecule has 0 saturated heterocycles. The summed E-state index contributed by atoms with van der Waals surface area (Å²) in [6.07, 6.45) is 1.72. The number of hydrogen-bond acceptors (Lipinski definition) is 7. The Hall–Kier alpha value is -3.68. The molecule has 1 amide bonds. The number of fused-ring (bicyclic) bond motifs is 2. The van der Waals surface area contributed by atoms with Crippen LogP contribution in [0.3, 0.4) is 0 Å². The molecule has 0 aliphatic carbocycles. The predicted molar refractivity (Wildman–Crippen MR) is 96.9 cm³/mol. The molecular formula is C19H15N3O5. The maximum absolute atomic E-state index is 12.5. The summed E-state index contributed by atoms with van der Waals surface area (Å²) in [6, 6.07) is 10.9. The van der Waals surface area contributed by atoms with Crippen molar-refractivity contribution < 1.29 is 23.7 Å². The third-order valence-electron chi connectivity index (χ3n) is 4.40. The lowest BCUT2D eigenvalue weighted by atomic mass is 10.1. The third kappa shape index (κ3) is 2.71. The Morgan fingerprint density at radius 1 is 0.963 bits per heavy atom. The SMILES string of the molecule is CN1C(=O)/C(=C\c2ccc3c(c2)OCO3)N=C1Nc1ccc2c(c1)OCO2. The molecule has 27 heavy (non-hydrogen) atoms. The van der Waals surface area contributed by atoms with Crippen LogP contribution in [0, 0.1) is 0 Å². The lowest BCUT2D eigenvalue weighted by molar-refractivity contribution is -0.121. The second-order valence-electron chi connectivity index (χ2n) is 6.13. The quantitative estimate of drug-likeness (QED) is 0.824. The van der Waals surface area contributed by atoms with Crippen LogP contribution in [-0.4, -0.2) is 37.4 Å². The average molecular weight is 365 g/mol. The summed E-state index contributed by atoms with van der Waals surface area (Å²) in [5, 5.41) is 3.14. The zero-order valence-electron chi connectivity index (χ0n) is 14.4. The van der Waals surface area contributed by atoms with Crippen molar-refractivity contribution >= 4 is 23.6 Å². The van der Waals surface area contributed by atoms with Crippen molar-refractivity contribution in [2.45, 2.75) is 0 Å². The first-order chi connectivity index (χ1) is 13.2. The Bertz CT molecular complexity index is 1010. The lowest BCUT2D eigenvalue weighted by Crippen LogP contribution is -2.32. The van der Waals surface area contributed by atoms with E-state index in [2.05, 4.69) is 10.3 Å². The van der Waals surface area contributed by atoms with Crippen molar-refractivity contribution in [3.8, 4) is 23.0 Å². The summed E-state index contributed by atoms with van der Waals surface area (Å²) in [7, 11) is 1.67. The van der Waals surface area contributed by atoms with E-state index in [0.717, 1.165) is 11.3 Å². The Morgan fingerprint density at radius 3 is 2.41 bits per heavy atom. The van der Waals surface area contributed by atoms with E-state index in [1.54, 1.807) is 13.1 Å². The van der Waals surface area contributed by atoms with Crippen molar-refractivity contribution in [3.63, 3.8) is 0 Å². The molecule has 8 nitrogen and oxygen atoms in total. The van der Waals surface area contributed by atoms with Gasteiger partial charge in [-0.3, -0.25) is 9.69 Å². The highest BCUT2D eigenvalue weighted by Gasteiger charge is 2.27. The van der Waals surface area contributed by atoms with E-state index in [-0.39, 0.29) is 19.5 Å². The minimum absolute atomic E-state index is 0.198. The number of ether oxygens (including phenoxy) is 4. The molecule has 3 aliphatic heterocycles. The molecule has 0 atom stereocenters. The molecule has 2 aromatic rings. The standard InChI is InChI=1S/C19H15N3O5/c1-22-18(23)13(6-11-2-4-14-16(7-11)26-9-24-14)21-19(22)20-12-3-5-15-17(8-12)27-10-25-15/h2-8H,9-10H2,1H3,(H,20,21)/b13-6+. The van der Waals surface area contributed by atoms with E-state index in [1.807, 2.05) is 36.4 Å². The van der Waals surface area contributed by atoms with Crippen LogP contribution in [-0.2, 0) is 4.79 Å². The van der Waals surface area contributed by atoms with Gasteiger partial charge in [-0.2, -0.15) is 0 Å². The molecule has 1 N–H and O–H groups in total. The topological polar surface area (TPSA) is 81.6 Å². The number of hydrogen-bond donors (Lipinski definition) is 1. The van der Waals surface area contributed by atoms with Gasteiger partial charge in [-0.25, -0.2) is 4.99 Å². The van der Waals surface area contributed by atoms with E-state index < -0.39 is 0 Å². The highest BCUT2D eigenvalue weighted by Crippen LogP contribution is 2.35. The van der Waals surface area contributed by atoms with Gasteiger partial charge in [0.25, 0.3) is 5.91 Å². The number of guanidine groups is 1. The zero-order chi connectivity index (χ0) is 18.4. The van der Waals surface area contributed by atoms with Gasteiger partial charge in [0, 0.05) is 18.8 Å². The first-order valence-electron chi connectivity index (χ1n) is 8.32. The van der Waals surface area contributed by atoms with Crippen LogP contribution in [0.1, 0.15) is 5.56 Å². The molecule has 136 valence electrons. The van der Waals surface area contributed by atoms with E-state index in [4.69, 9.17) is 18.9 Å². The average Bonchev–Trinajstić information content (AvgIpc) is 3.38. The van der Waals surface area contributed by atoms with Gasteiger partial charge in [-0.1, -0.05) is 6.07 Å². The number of anilines is 1. The molecule has 3 aliphatic rings. The minimum Gasteiger partial charge on any atom is -0.454 e. The Balaban J connectivity index is 1.41. The smallest absolute Gasteiger partial charge is 0.279 e. The lowest BCUT2D eigenvalue weighted by Gasteiger charge is -2.13. The number of carbonyl (C=O) groups excluding carboxylic acids is 1. The molecule has 0 aromatic heterocycles. The first kappa shape index (κ1) is 15.6. The summed E-state index contributed by atoms with van der Waals surface area (Å²) < 4.78 is 21.3. The van der Waals surface area contributed by atoms with Gasteiger partial charge in [0.05, 0.1) is 0 Å². The number of aliphatic imine (C=N–C) groups is 1. The van der Waals surface area contributed by atoms with Crippen molar-refractivity contribution in [3.05, 3.63) is 47.7 Å². The molecule has 0 unspecified atom stereocenters. The van der Waals surface area contributed by atoms with Crippen molar-refractivity contribution in [2.75, 3.05) is 26.0 Å². The maximum Gasteiger partial charge on any atom is 0.279 e. The van der Waals surface area contributed by atoms with Gasteiger partial charge >= 0.3 is 0 Å². The Kier molecular flexibility index (Phi) is 3.43.